The van der Waals surface area contributed by atoms with Gasteiger partial charge in [0.15, 0.2) is 0 Å². The van der Waals surface area contributed by atoms with Crippen LogP contribution in [-0.2, 0) is 0 Å². The second-order valence-corrected chi connectivity index (χ2v) is 10.7. The molecule has 1 N–H and O–H groups in total. The fraction of sp³-hybridized carbons (Fsp3) is 0.448. The van der Waals surface area contributed by atoms with Crippen molar-refractivity contribution in [1.29, 1.82) is 5.26 Å². The molecule has 0 amide bonds. The standard InChI is InChI=1S/C29H33N7O/c1-19(2)34-12-10-24(11-13-34)35-14-9-20-16-23(7-8-26(20)35)32-29-31-18-22-15-21(17-30)28(37)36(27(22)33-29)25-5-3-4-6-25/h7-9,14-16,18-19,24-25H,3-6,10-13H2,1-2H3,(H,31,32,33). The molecule has 1 aliphatic carbocycles. The molecule has 190 valence electrons. The number of nitrogens with one attached hydrogen (secondary N) is 1. The lowest BCUT2D eigenvalue weighted by Crippen LogP contribution is -2.38. The second kappa shape index (κ2) is 9.64. The van der Waals surface area contributed by atoms with E-state index in [0.717, 1.165) is 44.5 Å². The van der Waals surface area contributed by atoms with Crippen molar-refractivity contribution in [3.05, 3.63) is 58.6 Å². The first-order chi connectivity index (χ1) is 18.0. The quantitative estimate of drug-likeness (QED) is 0.392. The maximum absolute atomic E-state index is 13.1. The van der Waals surface area contributed by atoms with Gasteiger partial charge in [0.05, 0.1) is 0 Å². The molecule has 1 saturated carbocycles. The first-order valence-corrected chi connectivity index (χ1v) is 13.5. The number of rotatable bonds is 5. The molecule has 0 atom stereocenters. The van der Waals surface area contributed by atoms with Gasteiger partial charge in [-0.3, -0.25) is 9.36 Å². The van der Waals surface area contributed by atoms with Crippen LogP contribution in [0.3, 0.4) is 0 Å². The molecule has 1 aliphatic heterocycles. The summed E-state index contributed by atoms with van der Waals surface area (Å²) >= 11 is 0. The van der Waals surface area contributed by atoms with E-state index in [9.17, 15) is 10.1 Å². The summed E-state index contributed by atoms with van der Waals surface area (Å²) in [4.78, 5) is 24.9. The largest absolute Gasteiger partial charge is 0.344 e. The number of aromatic nitrogens is 4. The number of anilines is 2. The predicted octanol–water partition coefficient (Wildman–Crippen LogP) is 5.52. The molecule has 0 radical (unpaired) electrons. The number of likely N-dealkylation sites (tertiary alicyclic amines) is 1. The van der Waals surface area contributed by atoms with Gasteiger partial charge in [-0.1, -0.05) is 12.8 Å². The van der Waals surface area contributed by atoms with E-state index < -0.39 is 0 Å². The average Bonchev–Trinajstić information content (AvgIpc) is 3.58. The summed E-state index contributed by atoms with van der Waals surface area (Å²) in [5, 5.41) is 14.7. The van der Waals surface area contributed by atoms with Gasteiger partial charge in [0.2, 0.25) is 5.95 Å². The number of benzene rings is 1. The van der Waals surface area contributed by atoms with Crippen LogP contribution in [0.1, 0.15) is 70.0 Å². The Morgan fingerprint density at radius 3 is 2.54 bits per heavy atom. The van der Waals surface area contributed by atoms with Crippen LogP contribution >= 0.6 is 0 Å². The highest BCUT2D eigenvalue weighted by Gasteiger charge is 2.24. The third-order valence-electron chi connectivity index (χ3n) is 8.18. The van der Waals surface area contributed by atoms with E-state index in [4.69, 9.17) is 4.98 Å². The monoisotopic (exact) mass is 495 g/mol. The van der Waals surface area contributed by atoms with Crippen LogP contribution in [0.2, 0.25) is 0 Å². The van der Waals surface area contributed by atoms with Crippen molar-refractivity contribution >= 4 is 33.6 Å². The zero-order chi connectivity index (χ0) is 25.5. The van der Waals surface area contributed by atoms with Crippen molar-refractivity contribution in [2.24, 2.45) is 0 Å². The highest BCUT2D eigenvalue weighted by Crippen LogP contribution is 2.32. The number of nitriles is 1. The van der Waals surface area contributed by atoms with Crippen LogP contribution in [0, 0.1) is 11.3 Å². The SMILES string of the molecule is CC(C)N1CCC(n2ccc3cc(Nc4ncc5cc(C#N)c(=O)n(C6CCCC6)c5n4)ccc32)CC1. The van der Waals surface area contributed by atoms with Crippen molar-refractivity contribution in [2.45, 2.75) is 70.5 Å². The molecule has 0 spiro atoms. The van der Waals surface area contributed by atoms with E-state index in [0.29, 0.717) is 29.1 Å². The summed E-state index contributed by atoms with van der Waals surface area (Å²) in [6.45, 7) is 6.83. The Morgan fingerprint density at radius 1 is 1.03 bits per heavy atom. The molecule has 2 aliphatic rings. The molecule has 0 unspecified atom stereocenters. The minimum atomic E-state index is -0.256. The van der Waals surface area contributed by atoms with Gasteiger partial charge >= 0.3 is 0 Å². The van der Waals surface area contributed by atoms with Gasteiger partial charge in [0.25, 0.3) is 5.56 Å². The summed E-state index contributed by atoms with van der Waals surface area (Å²) in [7, 11) is 0. The lowest BCUT2D eigenvalue weighted by molar-refractivity contribution is 0.153. The van der Waals surface area contributed by atoms with Gasteiger partial charge in [0.1, 0.15) is 17.3 Å². The minimum Gasteiger partial charge on any atom is -0.344 e. The van der Waals surface area contributed by atoms with Crippen molar-refractivity contribution in [2.75, 3.05) is 18.4 Å². The molecule has 8 nitrogen and oxygen atoms in total. The predicted molar refractivity (Wildman–Crippen MR) is 146 cm³/mol. The van der Waals surface area contributed by atoms with E-state index in [1.54, 1.807) is 16.8 Å². The van der Waals surface area contributed by atoms with Gasteiger partial charge in [-0.2, -0.15) is 10.2 Å². The number of hydrogen-bond donors (Lipinski definition) is 1. The fourth-order valence-electron chi connectivity index (χ4n) is 6.13. The highest BCUT2D eigenvalue weighted by atomic mass is 16.1. The highest BCUT2D eigenvalue weighted by molar-refractivity contribution is 5.85. The Kier molecular flexibility index (Phi) is 6.17. The first-order valence-electron chi connectivity index (χ1n) is 13.5. The summed E-state index contributed by atoms with van der Waals surface area (Å²) in [6.07, 6.45) is 10.3. The maximum Gasteiger partial charge on any atom is 0.270 e. The molecule has 0 bridgehead atoms. The normalized spacial score (nSPS) is 17.7. The number of pyridine rings is 1. The zero-order valence-corrected chi connectivity index (χ0v) is 21.5. The third kappa shape index (κ3) is 4.38. The molecule has 3 aromatic heterocycles. The Balaban J connectivity index is 1.28. The first kappa shape index (κ1) is 23.7. The molecule has 1 saturated heterocycles. The molecule has 2 fully saturated rings. The Bertz CT molecular complexity index is 1550. The van der Waals surface area contributed by atoms with E-state index in [-0.39, 0.29) is 17.2 Å². The molecule has 6 rings (SSSR count). The smallest absolute Gasteiger partial charge is 0.270 e. The Labute approximate surface area is 216 Å². The van der Waals surface area contributed by atoms with Gasteiger partial charge in [0, 0.05) is 65.6 Å². The summed E-state index contributed by atoms with van der Waals surface area (Å²) < 4.78 is 4.15. The lowest BCUT2D eigenvalue weighted by Gasteiger charge is -2.35. The van der Waals surface area contributed by atoms with E-state index >= 15 is 0 Å². The minimum absolute atomic E-state index is 0.0783. The molecule has 1 aromatic carbocycles. The molecular weight excluding hydrogens is 462 g/mol. The molecule has 4 heterocycles. The zero-order valence-electron chi connectivity index (χ0n) is 21.5. The van der Waals surface area contributed by atoms with Gasteiger partial charge in [-0.25, -0.2) is 4.98 Å². The van der Waals surface area contributed by atoms with Gasteiger partial charge in [-0.15, -0.1) is 0 Å². The third-order valence-corrected chi connectivity index (χ3v) is 8.18. The molecule has 8 heteroatoms. The number of piperidine rings is 1. The van der Waals surface area contributed by atoms with Crippen LogP contribution in [0.25, 0.3) is 21.9 Å². The topological polar surface area (TPSA) is 91.8 Å². The van der Waals surface area contributed by atoms with Crippen molar-refractivity contribution < 1.29 is 0 Å². The van der Waals surface area contributed by atoms with Crippen molar-refractivity contribution in [3.8, 4) is 6.07 Å². The Morgan fingerprint density at radius 2 is 1.81 bits per heavy atom. The second-order valence-electron chi connectivity index (χ2n) is 10.7. The molecular formula is C29H33N7O. The number of nitrogens with zero attached hydrogens (tertiary/aromatic N) is 6. The molecule has 37 heavy (non-hydrogen) atoms. The lowest BCUT2D eigenvalue weighted by atomic mass is 10.0. The summed E-state index contributed by atoms with van der Waals surface area (Å²) in [5.41, 5.74) is 2.63. The van der Waals surface area contributed by atoms with Crippen LogP contribution in [0.5, 0.6) is 0 Å². The number of fused-ring (bicyclic) bond motifs is 2. The van der Waals surface area contributed by atoms with E-state index in [2.05, 4.69) is 64.1 Å². The van der Waals surface area contributed by atoms with Crippen LogP contribution < -0.4 is 10.9 Å². The average molecular weight is 496 g/mol. The van der Waals surface area contributed by atoms with Gasteiger partial charge in [-0.05, 0) is 69.9 Å². The van der Waals surface area contributed by atoms with E-state index in [1.165, 1.54) is 23.7 Å². The van der Waals surface area contributed by atoms with Crippen LogP contribution in [0.15, 0.2) is 47.5 Å². The fourth-order valence-corrected chi connectivity index (χ4v) is 6.13. The maximum atomic E-state index is 13.1. The van der Waals surface area contributed by atoms with Crippen LogP contribution in [0.4, 0.5) is 11.6 Å². The molecule has 4 aromatic rings. The van der Waals surface area contributed by atoms with Crippen LogP contribution in [-0.4, -0.2) is 43.1 Å². The van der Waals surface area contributed by atoms with Crippen molar-refractivity contribution in [1.82, 2.24) is 24.0 Å². The summed E-state index contributed by atoms with van der Waals surface area (Å²) in [5.74, 6) is 0.447. The van der Waals surface area contributed by atoms with Crippen molar-refractivity contribution in [3.63, 3.8) is 0 Å². The Hall–Kier alpha value is -3.70. The number of hydrogen-bond acceptors (Lipinski definition) is 6. The summed E-state index contributed by atoms with van der Waals surface area (Å²) in [6, 6.07) is 13.4. The van der Waals surface area contributed by atoms with Gasteiger partial charge < -0.3 is 14.8 Å². The van der Waals surface area contributed by atoms with E-state index in [1.807, 2.05) is 6.07 Å².